The summed E-state index contributed by atoms with van der Waals surface area (Å²) in [5.41, 5.74) is 0.747. The molecule has 0 spiro atoms. The van der Waals surface area contributed by atoms with Crippen LogP contribution in [0.4, 0.5) is 0 Å². The highest BCUT2D eigenvalue weighted by Gasteiger charge is 2.33. The molecule has 0 aromatic heterocycles. The van der Waals surface area contributed by atoms with Crippen molar-refractivity contribution in [1.82, 2.24) is 4.90 Å². The van der Waals surface area contributed by atoms with Crippen molar-refractivity contribution in [2.45, 2.75) is 18.9 Å². The maximum Gasteiger partial charge on any atom is 0.326 e. The smallest absolute Gasteiger partial charge is 0.326 e. The Hall–Kier alpha value is -2.28. The van der Waals surface area contributed by atoms with Crippen molar-refractivity contribution in [3.05, 3.63) is 35.9 Å². The number of amides is 1. The van der Waals surface area contributed by atoms with Crippen molar-refractivity contribution in [2.75, 3.05) is 6.54 Å². The lowest BCUT2D eigenvalue weighted by atomic mass is 10.2. The number of nitrogens with zero attached hydrogens (tertiary/aromatic N) is 1. The van der Waals surface area contributed by atoms with Crippen LogP contribution in [0.15, 0.2) is 30.3 Å². The van der Waals surface area contributed by atoms with Crippen molar-refractivity contribution in [1.29, 1.82) is 0 Å². The standard InChI is InChI=1S/C14H13NO3/c16-13(9-8-11-5-2-1-3-6-11)15-10-4-7-12(15)14(17)18/h1-3,5-6,12H,4,7,10H2,(H,17,18). The molecular weight excluding hydrogens is 230 g/mol. The Labute approximate surface area is 105 Å². The van der Waals surface area contributed by atoms with Gasteiger partial charge in [-0.05, 0) is 25.0 Å². The summed E-state index contributed by atoms with van der Waals surface area (Å²) in [6.45, 7) is 0.471. The summed E-state index contributed by atoms with van der Waals surface area (Å²) in [7, 11) is 0. The lowest BCUT2D eigenvalue weighted by Gasteiger charge is -2.17. The maximum atomic E-state index is 11.8. The van der Waals surface area contributed by atoms with Gasteiger partial charge >= 0.3 is 5.97 Å². The number of carboxylic acid groups (broad SMARTS) is 1. The molecular formula is C14H13NO3. The van der Waals surface area contributed by atoms with Gasteiger partial charge in [-0.2, -0.15) is 0 Å². The Kier molecular flexibility index (Phi) is 3.63. The summed E-state index contributed by atoms with van der Waals surface area (Å²) < 4.78 is 0. The first kappa shape index (κ1) is 12.2. The normalized spacial score (nSPS) is 18.0. The molecule has 1 saturated heterocycles. The molecule has 0 aliphatic carbocycles. The average Bonchev–Trinajstić information content (AvgIpc) is 2.86. The molecule has 0 saturated carbocycles. The van der Waals surface area contributed by atoms with Crippen LogP contribution in [0, 0.1) is 11.8 Å². The number of carbonyl (C=O) groups excluding carboxylic acids is 1. The molecule has 1 fully saturated rings. The molecule has 92 valence electrons. The van der Waals surface area contributed by atoms with Gasteiger partial charge in [0.05, 0.1) is 0 Å². The molecule has 1 aliphatic heterocycles. The number of hydrogen-bond donors (Lipinski definition) is 1. The summed E-state index contributed by atoms with van der Waals surface area (Å²) in [5, 5.41) is 8.98. The van der Waals surface area contributed by atoms with Crippen molar-refractivity contribution >= 4 is 11.9 Å². The van der Waals surface area contributed by atoms with E-state index in [1.807, 2.05) is 18.2 Å². The van der Waals surface area contributed by atoms with E-state index in [1.54, 1.807) is 12.1 Å². The summed E-state index contributed by atoms with van der Waals surface area (Å²) in [4.78, 5) is 24.1. The molecule has 1 N–H and O–H groups in total. The highest BCUT2D eigenvalue weighted by Crippen LogP contribution is 2.17. The Morgan fingerprint density at radius 1 is 1.28 bits per heavy atom. The van der Waals surface area contributed by atoms with Crippen LogP contribution in [-0.2, 0) is 9.59 Å². The maximum absolute atomic E-state index is 11.8. The molecule has 4 heteroatoms. The zero-order valence-corrected chi connectivity index (χ0v) is 9.80. The van der Waals surface area contributed by atoms with Gasteiger partial charge in [-0.1, -0.05) is 24.1 Å². The monoisotopic (exact) mass is 243 g/mol. The first-order chi connectivity index (χ1) is 8.68. The van der Waals surface area contributed by atoms with Crippen LogP contribution < -0.4 is 0 Å². The Balaban J connectivity index is 2.09. The first-order valence-electron chi connectivity index (χ1n) is 5.79. The van der Waals surface area contributed by atoms with E-state index in [1.165, 1.54) is 4.90 Å². The number of aliphatic carboxylic acids is 1. The molecule has 1 aromatic carbocycles. The van der Waals surface area contributed by atoms with Crippen LogP contribution in [0.2, 0.25) is 0 Å². The van der Waals surface area contributed by atoms with E-state index in [-0.39, 0.29) is 0 Å². The fraction of sp³-hybridized carbons (Fsp3) is 0.286. The van der Waals surface area contributed by atoms with Crippen LogP contribution in [0.25, 0.3) is 0 Å². The summed E-state index contributed by atoms with van der Waals surface area (Å²) in [6, 6.07) is 8.43. The Bertz CT molecular complexity index is 513. The Morgan fingerprint density at radius 3 is 2.67 bits per heavy atom. The van der Waals surface area contributed by atoms with E-state index in [4.69, 9.17) is 5.11 Å². The van der Waals surface area contributed by atoms with Crippen molar-refractivity contribution < 1.29 is 14.7 Å². The number of hydrogen-bond acceptors (Lipinski definition) is 2. The van der Waals surface area contributed by atoms with Crippen LogP contribution in [0.1, 0.15) is 18.4 Å². The summed E-state index contributed by atoms with van der Waals surface area (Å²) in [5.74, 6) is 3.88. The molecule has 1 aliphatic rings. The minimum Gasteiger partial charge on any atom is -0.480 e. The van der Waals surface area contributed by atoms with Gasteiger partial charge in [0.2, 0.25) is 0 Å². The molecule has 0 bridgehead atoms. The first-order valence-corrected chi connectivity index (χ1v) is 5.79. The largest absolute Gasteiger partial charge is 0.480 e. The van der Waals surface area contributed by atoms with Gasteiger partial charge in [0.1, 0.15) is 6.04 Å². The van der Waals surface area contributed by atoms with Gasteiger partial charge in [-0.15, -0.1) is 0 Å². The lowest BCUT2D eigenvalue weighted by molar-refractivity contribution is -0.146. The zero-order chi connectivity index (χ0) is 13.0. The number of carbonyl (C=O) groups is 2. The highest BCUT2D eigenvalue weighted by atomic mass is 16.4. The van der Waals surface area contributed by atoms with Gasteiger partial charge in [0.25, 0.3) is 5.91 Å². The predicted molar refractivity (Wildman–Crippen MR) is 65.7 cm³/mol. The van der Waals surface area contributed by atoms with E-state index in [0.29, 0.717) is 13.0 Å². The van der Waals surface area contributed by atoms with Crippen molar-refractivity contribution in [3.63, 3.8) is 0 Å². The Morgan fingerprint density at radius 2 is 2.00 bits per heavy atom. The molecule has 1 atom stereocenters. The van der Waals surface area contributed by atoms with Crippen LogP contribution >= 0.6 is 0 Å². The van der Waals surface area contributed by atoms with E-state index in [0.717, 1.165) is 12.0 Å². The van der Waals surface area contributed by atoms with Crippen LogP contribution in [0.5, 0.6) is 0 Å². The zero-order valence-electron chi connectivity index (χ0n) is 9.80. The number of carboxylic acids is 1. The SMILES string of the molecule is O=C(O)C1CCCN1C(=O)C#Cc1ccccc1. The second-order valence-electron chi connectivity index (χ2n) is 4.11. The topological polar surface area (TPSA) is 57.6 Å². The van der Waals surface area contributed by atoms with Gasteiger partial charge < -0.3 is 10.0 Å². The van der Waals surface area contributed by atoms with Gasteiger partial charge in [-0.25, -0.2) is 4.79 Å². The summed E-state index contributed by atoms with van der Waals surface area (Å²) in [6.07, 6.45) is 1.23. The minimum absolute atomic E-state index is 0.413. The van der Waals surface area contributed by atoms with Crippen LogP contribution in [-0.4, -0.2) is 34.5 Å². The second-order valence-corrected chi connectivity index (χ2v) is 4.11. The van der Waals surface area contributed by atoms with E-state index >= 15 is 0 Å². The minimum atomic E-state index is -0.956. The highest BCUT2D eigenvalue weighted by molar-refractivity contribution is 5.96. The fourth-order valence-electron chi connectivity index (χ4n) is 1.99. The third-order valence-electron chi connectivity index (χ3n) is 2.89. The number of rotatable bonds is 1. The molecule has 0 radical (unpaired) electrons. The van der Waals surface area contributed by atoms with Gasteiger partial charge in [-0.3, -0.25) is 4.79 Å². The molecule has 2 rings (SSSR count). The lowest BCUT2D eigenvalue weighted by Crippen LogP contribution is -2.39. The number of benzene rings is 1. The fourth-order valence-corrected chi connectivity index (χ4v) is 1.99. The number of likely N-dealkylation sites (tertiary alicyclic amines) is 1. The molecule has 18 heavy (non-hydrogen) atoms. The molecule has 1 aromatic rings. The van der Waals surface area contributed by atoms with Gasteiger partial charge in [0, 0.05) is 18.0 Å². The average molecular weight is 243 g/mol. The third kappa shape index (κ3) is 2.69. The molecule has 1 unspecified atom stereocenters. The molecule has 4 nitrogen and oxygen atoms in total. The van der Waals surface area contributed by atoms with Crippen molar-refractivity contribution in [3.8, 4) is 11.8 Å². The van der Waals surface area contributed by atoms with Crippen LogP contribution in [0.3, 0.4) is 0 Å². The predicted octanol–water partition coefficient (Wildman–Crippen LogP) is 1.11. The molecule has 1 heterocycles. The molecule has 1 amide bonds. The van der Waals surface area contributed by atoms with E-state index in [9.17, 15) is 9.59 Å². The second kappa shape index (κ2) is 5.37. The quantitative estimate of drug-likeness (QED) is 0.752. The van der Waals surface area contributed by atoms with Gasteiger partial charge in [0.15, 0.2) is 0 Å². The summed E-state index contributed by atoms with van der Waals surface area (Å²) >= 11 is 0. The van der Waals surface area contributed by atoms with Crippen molar-refractivity contribution in [2.24, 2.45) is 0 Å². The third-order valence-corrected chi connectivity index (χ3v) is 2.89. The van der Waals surface area contributed by atoms with E-state index in [2.05, 4.69) is 11.8 Å². The van der Waals surface area contributed by atoms with E-state index < -0.39 is 17.9 Å².